The molecule has 0 unspecified atom stereocenters. The molecule has 1 amide bonds. The maximum Gasteiger partial charge on any atom is 0.266 e. The zero-order valence-corrected chi connectivity index (χ0v) is 16.4. The third kappa shape index (κ3) is 5.07. The smallest absolute Gasteiger partial charge is 0.266 e. The Bertz CT molecular complexity index is 802. The lowest BCUT2D eigenvalue weighted by atomic mass is 10.1. The molecule has 25 heavy (non-hydrogen) atoms. The van der Waals surface area contributed by atoms with Gasteiger partial charge in [-0.2, -0.15) is 5.26 Å². The maximum absolute atomic E-state index is 12.4. The van der Waals surface area contributed by atoms with Gasteiger partial charge in [-0.05, 0) is 72.3 Å². The summed E-state index contributed by atoms with van der Waals surface area (Å²) in [6.07, 6.45) is 1.61. The van der Waals surface area contributed by atoms with Crippen LogP contribution in [-0.4, -0.2) is 19.0 Å². The zero-order valence-electron chi connectivity index (χ0n) is 14.3. The molecule has 0 radical (unpaired) electrons. The van der Waals surface area contributed by atoms with Gasteiger partial charge in [0.15, 0.2) is 0 Å². The number of hydrogen-bond donors (Lipinski definition) is 1. The molecule has 0 atom stereocenters. The van der Waals surface area contributed by atoms with E-state index in [9.17, 15) is 10.1 Å². The van der Waals surface area contributed by atoms with Crippen LogP contribution in [0.2, 0.25) is 0 Å². The average Bonchev–Trinajstić information content (AvgIpc) is 2.63. The number of carbonyl (C=O) groups is 1. The van der Waals surface area contributed by atoms with Gasteiger partial charge in [-0.15, -0.1) is 0 Å². The van der Waals surface area contributed by atoms with Crippen molar-refractivity contribution in [2.24, 2.45) is 0 Å². The molecule has 1 N–H and O–H groups in total. The molecule has 0 aliphatic carbocycles. The standard InChI is InChI=1S/C20H20IN3O/c1-3-24(4-2)17-11-9-15(10-12-17)13-16(14-22)20(25)23-19-8-6-5-7-18(19)21/h5-13H,3-4H2,1-2H3,(H,23,25). The number of nitrogens with zero attached hydrogens (tertiary/aromatic N) is 2. The fourth-order valence-corrected chi connectivity index (χ4v) is 2.96. The molecule has 0 aliphatic rings. The number of anilines is 2. The predicted octanol–water partition coefficient (Wildman–Crippen LogP) is 4.68. The minimum Gasteiger partial charge on any atom is -0.372 e. The fraction of sp³-hybridized carbons (Fsp3) is 0.200. The number of benzene rings is 2. The first-order valence-corrected chi connectivity index (χ1v) is 9.19. The maximum atomic E-state index is 12.4. The molecule has 5 heteroatoms. The lowest BCUT2D eigenvalue weighted by Crippen LogP contribution is -2.21. The second-order valence-corrected chi connectivity index (χ2v) is 6.53. The number of nitriles is 1. The summed E-state index contributed by atoms with van der Waals surface area (Å²) < 4.78 is 0.925. The Morgan fingerprint density at radius 3 is 2.36 bits per heavy atom. The average molecular weight is 445 g/mol. The first-order valence-electron chi connectivity index (χ1n) is 8.11. The number of rotatable bonds is 6. The molecule has 2 rings (SSSR count). The highest BCUT2D eigenvalue weighted by molar-refractivity contribution is 14.1. The van der Waals surface area contributed by atoms with Crippen molar-refractivity contribution in [1.82, 2.24) is 0 Å². The van der Waals surface area contributed by atoms with E-state index in [0.717, 1.165) is 27.9 Å². The van der Waals surface area contributed by atoms with Crippen molar-refractivity contribution < 1.29 is 4.79 Å². The van der Waals surface area contributed by atoms with Crippen LogP contribution in [-0.2, 0) is 4.79 Å². The van der Waals surface area contributed by atoms with Crippen LogP contribution in [0.15, 0.2) is 54.1 Å². The van der Waals surface area contributed by atoms with Gasteiger partial charge in [-0.1, -0.05) is 24.3 Å². The SMILES string of the molecule is CCN(CC)c1ccc(C=C(C#N)C(=O)Nc2ccccc2I)cc1. The number of hydrogen-bond acceptors (Lipinski definition) is 3. The highest BCUT2D eigenvalue weighted by Gasteiger charge is 2.11. The van der Waals surface area contributed by atoms with Gasteiger partial charge in [-0.3, -0.25) is 4.79 Å². The third-order valence-electron chi connectivity index (χ3n) is 3.82. The lowest BCUT2D eigenvalue weighted by molar-refractivity contribution is -0.112. The quantitative estimate of drug-likeness (QED) is 0.399. The Labute approximate surface area is 162 Å². The first-order chi connectivity index (χ1) is 12.1. The predicted molar refractivity (Wildman–Crippen MR) is 111 cm³/mol. The molecule has 4 nitrogen and oxygen atoms in total. The molecule has 128 valence electrons. The Morgan fingerprint density at radius 1 is 1.16 bits per heavy atom. The van der Waals surface area contributed by atoms with Crippen molar-refractivity contribution in [1.29, 1.82) is 5.26 Å². The highest BCUT2D eigenvalue weighted by atomic mass is 127. The van der Waals surface area contributed by atoms with Crippen LogP contribution in [0.25, 0.3) is 6.08 Å². The van der Waals surface area contributed by atoms with Gasteiger partial charge in [-0.25, -0.2) is 0 Å². The molecule has 0 fully saturated rings. The topological polar surface area (TPSA) is 56.1 Å². The number of carbonyl (C=O) groups excluding carboxylic acids is 1. The van der Waals surface area contributed by atoms with Gasteiger partial charge in [0, 0.05) is 22.3 Å². The van der Waals surface area contributed by atoms with Crippen molar-refractivity contribution in [3.8, 4) is 6.07 Å². The molecule has 0 saturated heterocycles. The summed E-state index contributed by atoms with van der Waals surface area (Å²) in [7, 11) is 0. The number of para-hydroxylation sites is 1. The van der Waals surface area contributed by atoms with Gasteiger partial charge in [0.25, 0.3) is 5.91 Å². The molecule has 2 aromatic rings. The van der Waals surface area contributed by atoms with Crippen LogP contribution >= 0.6 is 22.6 Å². The van der Waals surface area contributed by atoms with Crippen molar-refractivity contribution in [2.45, 2.75) is 13.8 Å². The second kappa shape index (κ2) is 9.23. The van der Waals surface area contributed by atoms with Gasteiger partial charge < -0.3 is 10.2 Å². The third-order valence-corrected chi connectivity index (χ3v) is 4.76. The minimum absolute atomic E-state index is 0.0789. The van der Waals surface area contributed by atoms with Crippen LogP contribution in [0.1, 0.15) is 19.4 Å². The molecule has 2 aromatic carbocycles. The zero-order chi connectivity index (χ0) is 18.2. The van der Waals surface area contributed by atoms with E-state index in [4.69, 9.17) is 0 Å². The summed E-state index contributed by atoms with van der Waals surface area (Å²) in [5.41, 5.74) is 2.73. The number of nitrogens with one attached hydrogen (secondary N) is 1. The monoisotopic (exact) mass is 445 g/mol. The Balaban J connectivity index is 2.18. The van der Waals surface area contributed by atoms with E-state index in [0.29, 0.717) is 5.69 Å². The van der Waals surface area contributed by atoms with Gasteiger partial charge >= 0.3 is 0 Å². The molecule has 0 heterocycles. The minimum atomic E-state index is -0.403. The summed E-state index contributed by atoms with van der Waals surface area (Å²) in [6, 6.07) is 17.3. The summed E-state index contributed by atoms with van der Waals surface area (Å²) in [4.78, 5) is 14.6. The molecule has 0 spiro atoms. The van der Waals surface area contributed by atoms with E-state index in [2.05, 4.69) is 46.7 Å². The molecule has 0 aromatic heterocycles. The highest BCUT2D eigenvalue weighted by Crippen LogP contribution is 2.19. The first kappa shape index (κ1) is 19.0. The van der Waals surface area contributed by atoms with Crippen LogP contribution < -0.4 is 10.2 Å². The Hall–Kier alpha value is -2.33. The van der Waals surface area contributed by atoms with E-state index >= 15 is 0 Å². The second-order valence-electron chi connectivity index (χ2n) is 5.37. The summed E-state index contributed by atoms with van der Waals surface area (Å²) in [6.45, 7) is 6.10. The van der Waals surface area contributed by atoms with E-state index in [1.165, 1.54) is 0 Å². The Kier molecular flexibility index (Phi) is 7.02. The molecule has 0 aliphatic heterocycles. The fourth-order valence-electron chi connectivity index (χ4n) is 2.44. The Morgan fingerprint density at radius 2 is 1.80 bits per heavy atom. The van der Waals surface area contributed by atoms with E-state index in [-0.39, 0.29) is 5.57 Å². The summed E-state index contributed by atoms with van der Waals surface area (Å²) >= 11 is 2.15. The van der Waals surface area contributed by atoms with E-state index < -0.39 is 5.91 Å². The molecular weight excluding hydrogens is 425 g/mol. The van der Waals surface area contributed by atoms with Gasteiger partial charge in [0.05, 0.1) is 5.69 Å². The van der Waals surface area contributed by atoms with Crippen molar-refractivity contribution >= 4 is 45.9 Å². The lowest BCUT2D eigenvalue weighted by Gasteiger charge is -2.20. The van der Waals surface area contributed by atoms with E-state index in [1.54, 1.807) is 6.08 Å². The van der Waals surface area contributed by atoms with E-state index in [1.807, 2.05) is 54.6 Å². The van der Waals surface area contributed by atoms with Gasteiger partial charge in [0.1, 0.15) is 11.6 Å². The molecule has 0 saturated carbocycles. The van der Waals surface area contributed by atoms with Crippen molar-refractivity contribution in [3.05, 3.63) is 63.2 Å². The number of halogens is 1. The van der Waals surface area contributed by atoms with Crippen LogP contribution in [0.3, 0.4) is 0 Å². The summed E-state index contributed by atoms with van der Waals surface area (Å²) in [5.74, 6) is -0.403. The van der Waals surface area contributed by atoms with Crippen LogP contribution in [0.4, 0.5) is 11.4 Å². The number of amides is 1. The van der Waals surface area contributed by atoms with Crippen molar-refractivity contribution in [3.63, 3.8) is 0 Å². The van der Waals surface area contributed by atoms with Crippen molar-refractivity contribution in [2.75, 3.05) is 23.3 Å². The summed E-state index contributed by atoms with van der Waals surface area (Å²) in [5, 5.41) is 12.1. The molecular formula is C20H20IN3O. The molecule has 0 bridgehead atoms. The normalized spacial score (nSPS) is 10.9. The van der Waals surface area contributed by atoms with Crippen LogP contribution in [0.5, 0.6) is 0 Å². The van der Waals surface area contributed by atoms with Crippen LogP contribution in [0, 0.1) is 14.9 Å². The van der Waals surface area contributed by atoms with Gasteiger partial charge in [0.2, 0.25) is 0 Å². The largest absolute Gasteiger partial charge is 0.372 e.